The van der Waals surface area contributed by atoms with Crippen molar-refractivity contribution in [1.82, 2.24) is 9.78 Å². The van der Waals surface area contributed by atoms with E-state index in [0.717, 1.165) is 9.41 Å². The van der Waals surface area contributed by atoms with Gasteiger partial charge in [0.1, 0.15) is 12.0 Å². The molecule has 142 valence electrons. The monoisotopic (exact) mass is 411 g/mol. The number of carbonyl (C=O) groups is 1. The van der Waals surface area contributed by atoms with Gasteiger partial charge in [-0.2, -0.15) is 23.3 Å². The van der Waals surface area contributed by atoms with Crippen molar-refractivity contribution in [2.45, 2.75) is 18.0 Å². The fourth-order valence-electron chi connectivity index (χ4n) is 1.93. The molecule has 0 radical (unpaired) electrons. The van der Waals surface area contributed by atoms with Gasteiger partial charge >= 0.3 is 17.8 Å². The Hall–Kier alpha value is -2.28. The van der Waals surface area contributed by atoms with Gasteiger partial charge in [-0.05, 0) is 6.07 Å². The number of nitrogens with zero attached hydrogens (tertiary/aromatic N) is 4. The van der Waals surface area contributed by atoms with E-state index in [-0.39, 0.29) is 26.8 Å². The van der Waals surface area contributed by atoms with E-state index in [2.05, 4.69) is 10.1 Å². The SMILES string of the molecule is CCS(=O)(=O)c1ccc[n+](OC)c1C(=O)N=c1sc(C(F)(F)F)nn1C. The number of aryl methyl sites for hydroxylation is 1. The van der Waals surface area contributed by atoms with Crippen molar-refractivity contribution < 1.29 is 36.0 Å². The van der Waals surface area contributed by atoms with E-state index in [1.165, 1.54) is 39.4 Å². The molecule has 0 aromatic carbocycles. The highest BCUT2D eigenvalue weighted by atomic mass is 32.2. The molecule has 13 heteroatoms. The van der Waals surface area contributed by atoms with E-state index in [0.29, 0.717) is 0 Å². The Morgan fingerprint density at radius 1 is 1.46 bits per heavy atom. The molecule has 0 atom stereocenters. The van der Waals surface area contributed by atoms with Crippen LogP contribution in [0.25, 0.3) is 0 Å². The summed E-state index contributed by atoms with van der Waals surface area (Å²) in [6.07, 6.45) is -3.40. The average molecular weight is 411 g/mol. The van der Waals surface area contributed by atoms with Crippen LogP contribution in [0.4, 0.5) is 13.2 Å². The zero-order chi connectivity index (χ0) is 19.7. The maximum atomic E-state index is 12.7. The van der Waals surface area contributed by atoms with E-state index in [9.17, 15) is 26.4 Å². The molecule has 2 rings (SSSR count). The first-order valence-corrected chi connectivity index (χ1v) is 9.50. The molecule has 1 amide bonds. The van der Waals surface area contributed by atoms with Crippen LogP contribution in [0.5, 0.6) is 0 Å². The summed E-state index contributed by atoms with van der Waals surface area (Å²) in [5.74, 6) is -1.36. The van der Waals surface area contributed by atoms with Gasteiger partial charge in [-0.1, -0.05) is 18.3 Å². The van der Waals surface area contributed by atoms with Gasteiger partial charge in [-0.3, -0.25) is 9.63 Å². The number of hydrogen-bond donors (Lipinski definition) is 0. The van der Waals surface area contributed by atoms with Crippen LogP contribution in [0.15, 0.2) is 28.2 Å². The summed E-state index contributed by atoms with van der Waals surface area (Å²) in [5.41, 5.74) is -0.418. The number of rotatable bonds is 4. The molecule has 0 fully saturated rings. The maximum absolute atomic E-state index is 12.7. The minimum absolute atomic E-state index is 0.162. The molecule has 26 heavy (non-hydrogen) atoms. The Kier molecular flexibility index (Phi) is 5.51. The summed E-state index contributed by atoms with van der Waals surface area (Å²) < 4.78 is 64.3. The molecule has 2 aromatic rings. The predicted octanol–water partition coefficient (Wildman–Crippen LogP) is 0.381. The fraction of sp³-hybridized carbons (Fsp3) is 0.385. The summed E-state index contributed by atoms with van der Waals surface area (Å²) >= 11 is 0.162. The van der Waals surface area contributed by atoms with Gasteiger partial charge in [0, 0.05) is 17.8 Å². The van der Waals surface area contributed by atoms with E-state index >= 15 is 0 Å². The normalized spacial score (nSPS) is 13.1. The fourth-order valence-corrected chi connectivity index (χ4v) is 3.75. The summed E-state index contributed by atoms with van der Waals surface area (Å²) in [7, 11) is -1.41. The average Bonchev–Trinajstić information content (AvgIpc) is 2.95. The molecule has 0 unspecified atom stereocenters. The lowest BCUT2D eigenvalue weighted by Gasteiger charge is -2.03. The molecule has 0 aliphatic heterocycles. The number of amides is 1. The third-order valence-corrected chi connectivity index (χ3v) is 5.99. The van der Waals surface area contributed by atoms with Crippen molar-refractivity contribution in [3.8, 4) is 0 Å². The Morgan fingerprint density at radius 3 is 2.62 bits per heavy atom. The first-order valence-electron chi connectivity index (χ1n) is 7.03. The number of sulfone groups is 1. The Bertz CT molecular complexity index is 1010. The van der Waals surface area contributed by atoms with E-state index in [1.54, 1.807) is 0 Å². The summed E-state index contributed by atoms with van der Waals surface area (Å²) in [4.78, 5) is 20.4. The summed E-state index contributed by atoms with van der Waals surface area (Å²) in [6.45, 7) is 1.39. The van der Waals surface area contributed by atoms with E-state index in [4.69, 9.17) is 4.84 Å². The van der Waals surface area contributed by atoms with Crippen LogP contribution >= 0.6 is 11.3 Å². The second-order valence-electron chi connectivity index (χ2n) is 4.86. The van der Waals surface area contributed by atoms with Crippen LogP contribution < -0.4 is 14.4 Å². The second kappa shape index (κ2) is 7.15. The Balaban J connectivity index is 2.67. The molecular weight excluding hydrogens is 397 g/mol. The third kappa shape index (κ3) is 3.93. The van der Waals surface area contributed by atoms with Crippen molar-refractivity contribution in [2.75, 3.05) is 12.9 Å². The molecule has 8 nitrogen and oxygen atoms in total. The first-order chi connectivity index (χ1) is 12.0. The van der Waals surface area contributed by atoms with Gasteiger partial charge in [0.25, 0.3) is 0 Å². The number of carbonyl (C=O) groups excluding carboxylic acids is 1. The van der Waals surface area contributed by atoms with Crippen molar-refractivity contribution in [1.29, 1.82) is 0 Å². The van der Waals surface area contributed by atoms with Gasteiger partial charge in [0.15, 0.2) is 9.84 Å². The first kappa shape index (κ1) is 20.0. The lowest BCUT2D eigenvalue weighted by molar-refractivity contribution is -0.887. The van der Waals surface area contributed by atoms with E-state index in [1.807, 2.05) is 0 Å². The molecule has 2 heterocycles. The van der Waals surface area contributed by atoms with Gasteiger partial charge in [0.05, 0.1) is 5.75 Å². The van der Waals surface area contributed by atoms with Crippen LogP contribution in [-0.4, -0.2) is 37.0 Å². The van der Waals surface area contributed by atoms with Gasteiger partial charge < -0.3 is 0 Å². The predicted molar refractivity (Wildman–Crippen MR) is 82.8 cm³/mol. The molecule has 0 spiro atoms. The molecule has 2 aromatic heterocycles. The second-order valence-corrected chi connectivity index (χ2v) is 8.06. The molecule has 0 bridgehead atoms. The smallest absolute Gasteiger partial charge is 0.274 e. The standard InChI is InChI=1S/C13H14F3N4O4S2/c1-4-26(22,23)8-6-5-7-20(24-3)9(8)10(21)17-12-19(2)18-11(25-12)13(14,15)16/h5-7H,4H2,1-3H3/q+1. The van der Waals surface area contributed by atoms with Crippen LogP contribution in [-0.2, 0) is 23.1 Å². The molecule has 0 saturated carbocycles. The zero-order valence-electron chi connectivity index (χ0n) is 13.8. The molecule has 0 N–H and O–H groups in total. The topological polar surface area (TPSA) is 94.5 Å². The zero-order valence-corrected chi connectivity index (χ0v) is 15.4. The van der Waals surface area contributed by atoms with Crippen LogP contribution in [0.1, 0.15) is 22.4 Å². The third-order valence-electron chi connectivity index (χ3n) is 3.18. The van der Waals surface area contributed by atoms with Crippen molar-refractivity contribution in [2.24, 2.45) is 12.0 Å². The lowest BCUT2D eigenvalue weighted by Crippen LogP contribution is -2.47. The summed E-state index contributed by atoms with van der Waals surface area (Å²) in [6, 6.07) is 2.56. The number of pyridine rings is 1. The molecule has 0 aliphatic rings. The minimum Gasteiger partial charge on any atom is -0.274 e. The number of alkyl halides is 3. The van der Waals surface area contributed by atoms with Gasteiger partial charge in [0.2, 0.25) is 16.0 Å². The quantitative estimate of drug-likeness (QED) is 0.678. The van der Waals surface area contributed by atoms with Crippen LogP contribution in [0.3, 0.4) is 0 Å². The van der Waals surface area contributed by atoms with Gasteiger partial charge in [-0.15, -0.1) is 0 Å². The Morgan fingerprint density at radius 2 is 2.12 bits per heavy atom. The van der Waals surface area contributed by atoms with Crippen molar-refractivity contribution in [3.05, 3.63) is 33.8 Å². The lowest BCUT2D eigenvalue weighted by atomic mass is 10.3. The van der Waals surface area contributed by atoms with Crippen LogP contribution in [0.2, 0.25) is 0 Å². The highest BCUT2D eigenvalue weighted by Crippen LogP contribution is 2.28. The minimum atomic E-state index is -4.69. The number of aromatic nitrogens is 3. The van der Waals surface area contributed by atoms with Crippen molar-refractivity contribution >= 4 is 27.1 Å². The Labute approximate surface area is 150 Å². The molecule has 0 aliphatic carbocycles. The highest BCUT2D eigenvalue weighted by molar-refractivity contribution is 7.91. The number of halogens is 3. The largest absolute Gasteiger partial charge is 0.445 e. The van der Waals surface area contributed by atoms with Gasteiger partial charge in [-0.25, -0.2) is 13.1 Å². The molecular formula is C13H14F3N4O4S2+. The maximum Gasteiger partial charge on any atom is 0.445 e. The molecule has 0 saturated heterocycles. The highest BCUT2D eigenvalue weighted by Gasteiger charge is 2.36. The number of hydrogen-bond acceptors (Lipinski definition) is 6. The van der Waals surface area contributed by atoms with Crippen molar-refractivity contribution in [3.63, 3.8) is 0 Å². The van der Waals surface area contributed by atoms with Crippen LogP contribution in [0, 0.1) is 0 Å². The summed E-state index contributed by atoms with van der Waals surface area (Å²) in [5, 5.41) is 2.09. The van der Waals surface area contributed by atoms with E-state index < -0.39 is 32.6 Å².